The quantitative estimate of drug-likeness (QED) is 0.105. The Morgan fingerprint density at radius 3 is 2.31 bits per heavy atom. The number of rotatable bonds is 11. The number of anilines is 1. The number of hydrogen-bond donors (Lipinski definition) is 1. The standard InChI is InChI=1S/C29H27F3N6O3S.C8H16F2/c1-16-8-7-11-23(16)35-28-33-14-22(29(30,31)32)26(36-28)21-15-38(42(39,40)19-9-5-4-6-10-19)27-20(21)12-13-24(34-27)25-17(2)37-41-18(25)3;1-3-5-6-7-8(9,10)4-2/h4-6,9-10,12-16,23H,7-8,11H2,1-3H3,(H,33,35,36);3-7H2,1-2H3. The molecule has 0 spiro atoms. The zero-order chi connectivity index (χ0) is 37.8. The zero-order valence-electron chi connectivity index (χ0n) is 29.8. The Bertz CT molecular complexity index is 2080. The predicted octanol–water partition coefficient (Wildman–Crippen LogP) is 10.2. The highest BCUT2D eigenvalue weighted by Gasteiger charge is 2.37. The van der Waals surface area contributed by atoms with E-state index in [1.165, 1.54) is 19.1 Å². The van der Waals surface area contributed by atoms with Crippen LogP contribution < -0.4 is 5.32 Å². The van der Waals surface area contributed by atoms with Crippen molar-refractivity contribution in [3.8, 4) is 22.5 Å². The van der Waals surface area contributed by atoms with Crippen molar-refractivity contribution in [3.05, 3.63) is 71.9 Å². The summed E-state index contributed by atoms with van der Waals surface area (Å²) in [4.78, 5) is 12.9. The summed E-state index contributed by atoms with van der Waals surface area (Å²) < 4.78 is 102. The molecule has 0 radical (unpaired) electrons. The fourth-order valence-electron chi connectivity index (χ4n) is 6.34. The second kappa shape index (κ2) is 15.7. The number of fused-ring (bicyclic) bond motifs is 1. The number of aromatic nitrogens is 5. The predicted molar refractivity (Wildman–Crippen MR) is 190 cm³/mol. The van der Waals surface area contributed by atoms with E-state index in [1.54, 1.807) is 44.2 Å². The number of nitrogens with one attached hydrogen (secondary N) is 1. The summed E-state index contributed by atoms with van der Waals surface area (Å²) in [6, 6.07) is 10.8. The van der Waals surface area contributed by atoms with E-state index in [4.69, 9.17) is 4.52 Å². The van der Waals surface area contributed by atoms with Crippen molar-refractivity contribution in [3.63, 3.8) is 0 Å². The van der Waals surface area contributed by atoms with Gasteiger partial charge in [-0.05, 0) is 63.3 Å². The summed E-state index contributed by atoms with van der Waals surface area (Å²) in [5, 5.41) is 7.31. The van der Waals surface area contributed by atoms with Crippen LogP contribution in [0.2, 0.25) is 0 Å². The Morgan fingerprint density at radius 2 is 1.71 bits per heavy atom. The van der Waals surface area contributed by atoms with Gasteiger partial charge in [-0.2, -0.15) is 13.2 Å². The summed E-state index contributed by atoms with van der Waals surface area (Å²) in [5.74, 6) is -1.58. The number of benzene rings is 1. The van der Waals surface area contributed by atoms with Crippen LogP contribution in [0.4, 0.5) is 27.9 Å². The molecule has 52 heavy (non-hydrogen) atoms. The SMILES string of the molecule is CCCCCC(F)(F)CC.Cc1noc(C)c1-c1ccc2c(-c3nc(NC4CCCC4C)ncc3C(F)(F)F)cn(S(=O)(=O)c3ccccc3)c2n1. The molecule has 2 unspecified atom stereocenters. The number of aryl methyl sites for hydroxylation is 2. The Morgan fingerprint density at radius 1 is 0.981 bits per heavy atom. The first-order chi connectivity index (χ1) is 24.6. The van der Waals surface area contributed by atoms with Crippen molar-refractivity contribution in [2.24, 2.45) is 5.92 Å². The summed E-state index contributed by atoms with van der Waals surface area (Å²) in [7, 11) is -4.27. The smallest absolute Gasteiger partial charge is 0.361 e. The Labute approximate surface area is 300 Å². The molecule has 0 bridgehead atoms. The first kappa shape index (κ1) is 38.8. The molecule has 6 rings (SSSR count). The van der Waals surface area contributed by atoms with Gasteiger partial charge in [0, 0.05) is 42.2 Å². The first-order valence-electron chi connectivity index (χ1n) is 17.4. The molecular weight excluding hydrogens is 704 g/mol. The van der Waals surface area contributed by atoms with Crippen LogP contribution in [0.5, 0.6) is 0 Å². The third kappa shape index (κ3) is 8.45. The highest BCUT2D eigenvalue weighted by atomic mass is 32.2. The average Bonchev–Trinajstić information content (AvgIpc) is 3.80. The van der Waals surface area contributed by atoms with E-state index in [0.29, 0.717) is 35.1 Å². The lowest BCUT2D eigenvalue weighted by Gasteiger charge is -2.19. The van der Waals surface area contributed by atoms with Gasteiger partial charge in [0.15, 0.2) is 5.65 Å². The number of halogens is 5. The van der Waals surface area contributed by atoms with E-state index in [2.05, 4.69) is 32.3 Å². The van der Waals surface area contributed by atoms with E-state index < -0.39 is 33.4 Å². The number of alkyl halides is 5. The molecule has 4 heterocycles. The van der Waals surface area contributed by atoms with Gasteiger partial charge in [-0.15, -0.1) is 0 Å². The van der Waals surface area contributed by atoms with Crippen LogP contribution in [0.15, 0.2) is 64.3 Å². The first-order valence-corrected chi connectivity index (χ1v) is 18.9. The van der Waals surface area contributed by atoms with Crippen molar-refractivity contribution >= 4 is 27.0 Å². The summed E-state index contributed by atoms with van der Waals surface area (Å²) >= 11 is 0. The number of nitrogens with zero attached hydrogens (tertiary/aromatic N) is 5. The normalized spacial score (nSPS) is 16.6. The molecule has 15 heteroatoms. The molecule has 5 aromatic rings. The second-order valence-electron chi connectivity index (χ2n) is 13.2. The molecule has 1 aliphatic rings. The van der Waals surface area contributed by atoms with Crippen molar-refractivity contribution in [1.29, 1.82) is 0 Å². The number of pyridine rings is 1. The van der Waals surface area contributed by atoms with Gasteiger partial charge in [-0.1, -0.05) is 63.4 Å². The van der Waals surface area contributed by atoms with Crippen LogP contribution in [0.1, 0.15) is 89.2 Å². The van der Waals surface area contributed by atoms with Crippen molar-refractivity contribution < 1.29 is 34.9 Å². The van der Waals surface area contributed by atoms with E-state index in [0.717, 1.165) is 48.5 Å². The van der Waals surface area contributed by atoms with Crippen LogP contribution in [0.3, 0.4) is 0 Å². The monoisotopic (exact) mass is 746 g/mol. The Kier molecular flexibility index (Phi) is 11.7. The maximum Gasteiger partial charge on any atom is 0.419 e. The van der Waals surface area contributed by atoms with E-state index >= 15 is 0 Å². The summed E-state index contributed by atoms with van der Waals surface area (Å²) in [6.07, 6.45) is 2.59. The van der Waals surface area contributed by atoms with E-state index in [1.807, 2.05) is 6.92 Å². The van der Waals surface area contributed by atoms with Gasteiger partial charge in [-0.25, -0.2) is 36.1 Å². The molecule has 280 valence electrons. The van der Waals surface area contributed by atoms with Gasteiger partial charge >= 0.3 is 6.18 Å². The molecule has 1 N–H and O–H groups in total. The van der Waals surface area contributed by atoms with Gasteiger partial charge in [0.05, 0.1) is 27.5 Å². The molecule has 0 aliphatic heterocycles. The van der Waals surface area contributed by atoms with Crippen LogP contribution in [0.25, 0.3) is 33.5 Å². The molecule has 1 fully saturated rings. The molecule has 2 atom stereocenters. The topological polar surface area (TPSA) is 116 Å². The highest BCUT2D eigenvalue weighted by Crippen LogP contribution is 2.41. The Balaban J connectivity index is 0.000000459. The van der Waals surface area contributed by atoms with E-state index in [9.17, 15) is 30.4 Å². The third-order valence-corrected chi connectivity index (χ3v) is 11.1. The minimum absolute atomic E-state index is 0.0171. The van der Waals surface area contributed by atoms with Crippen molar-refractivity contribution in [2.45, 2.75) is 109 Å². The number of hydrogen-bond acceptors (Lipinski definition) is 8. The van der Waals surface area contributed by atoms with Crippen LogP contribution in [0, 0.1) is 19.8 Å². The molecule has 4 aromatic heterocycles. The zero-order valence-corrected chi connectivity index (χ0v) is 30.6. The lowest BCUT2D eigenvalue weighted by atomic mass is 10.0. The fraction of sp³-hybridized carbons (Fsp3) is 0.459. The molecular formula is C37H43F5N6O3S. The molecule has 1 aliphatic carbocycles. The number of unbranched alkanes of at least 4 members (excludes halogenated alkanes) is 2. The third-order valence-electron chi connectivity index (χ3n) is 9.40. The van der Waals surface area contributed by atoms with Crippen LogP contribution in [-0.4, -0.2) is 44.5 Å². The van der Waals surface area contributed by atoms with Gasteiger partial charge in [0.25, 0.3) is 10.0 Å². The van der Waals surface area contributed by atoms with E-state index in [-0.39, 0.29) is 46.3 Å². The Hall–Kier alpha value is -4.40. The summed E-state index contributed by atoms with van der Waals surface area (Å²) in [5.41, 5.74) is -0.155. The largest absolute Gasteiger partial charge is 0.419 e. The molecule has 1 saturated carbocycles. The maximum absolute atomic E-state index is 14.3. The minimum Gasteiger partial charge on any atom is -0.361 e. The van der Waals surface area contributed by atoms with Gasteiger partial charge in [-0.3, -0.25) is 0 Å². The van der Waals surface area contributed by atoms with Gasteiger partial charge in [0.1, 0.15) is 11.3 Å². The van der Waals surface area contributed by atoms with Crippen molar-refractivity contribution in [1.82, 2.24) is 24.1 Å². The fourth-order valence-corrected chi connectivity index (χ4v) is 7.68. The molecule has 0 saturated heterocycles. The van der Waals surface area contributed by atoms with Gasteiger partial charge < -0.3 is 9.84 Å². The summed E-state index contributed by atoms with van der Waals surface area (Å²) in [6.45, 7) is 9.04. The van der Waals surface area contributed by atoms with Crippen LogP contribution >= 0.6 is 0 Å². The van der Waals surface area contributed by atoms with Gasteiger partial charge in [0.2, 0.25) is 11.9 Å². The van der Waals surface area contributed by atoms with Crippen molar-refractivity contribution in [2.75, 3.05) is 5.32 Å². The average molecular weight is 747 g/mol. The second-order valence-corrected chi connectivity index (χ2v) is 15.0. The molecule has 1 aromatic carbocycles. The lowest BCUT2D eigenvalue weighted by Crippen LogP contribution is -2.23. The van der Waals surface area contributed by atoms with Crippen LogP contribution in [-0.2, 0) is 16.2 Å². The minimum atomic E-state index is -4.80. The molecule has 9 nitrogen and oxygen atoms in total. The maximum atomic E-state index is 14.3. The highest BCUT2D eigenvalue weighted by molar-refractivity contribution is 7.90. The lowest BCUT2D eigenvalue weighted by molar-refractivity contribution is -0.137. The molecule has 0 amide bonds.